The molecule has 1 aromatic carbocycles. The molecule has 2 aromatic rings. The second-order valence-corrected chi connectivity index (χ2v) is 6.72. The summed E-state index contributed by atoms with van der Waals surface area (Å²) in [6.07, 6.45) is 1.18. The summed E-state index contributed by atoms with van der Waals surface area (Å²) in [5.74, 6) is 2.89. The molecule has 0 amide bonds. The standard InChI is InChI=1S/C17H20BrN3/c1-12(2)17-19-15(18)10-16(20-17)21-9-8-14(11-21)13-6-4-3-5-7-13/h3-7,10,12,14H,8-9,11H2,1-2H3. The first kappa shape index (κ1) is 14.5. The van der Waals surface area contributed by atoms with E-state index >= 15 is 0 Å². The summed E-state index contributed by atoms with van der Waals surface area (Å²) in [7, 11) is 0. The molecule has 0 radical (unpaired) electrons. The molecule has 0 N–H and O–H groups in total. The van der Waals surface area contributed by atoms with Crippen molar-refractivity contribution >= 4 is 21.7 Å². The van der Waals surface area contributed by atoms with E-state index < -0.39 is 0 Å². The van der Waals surface area contributed by atoms with Crippen molar-refractivity contribution in [2.24, 2.45) is 0 Å². The quantitative estimate of drug-likeness (QED) is 0.774. The van der Waals surface area contributed by atoms with Crippen molar-refractivity contribution in [1.82, 2.24) is 9.97 Å². The van der Waals surface area contributed by atoms with E-state index in [1.54, 1.807) is 0 Å². The zero-order valence-electron chi connectivity index (χ0n) is 12.5. The topological polar surface area (TPSA) is 29.0 Å². The highest BCUT2D eigenvalue weighted by molar-refractivity contribution is 9.10. The van der Waals surface area contributed by atoms with Crippen LogP contribution in [-0.4, -0.2) is 23.1 Å². The van der Waals surface area contributed by atoms with Crippen molar-refractivity contribution in [3.63, 3.8) is 0 Å². The zero-order valence-corrected chi connectivity index (χ0v) is 14.0. The number of nitrogens with zero attached hydrogens (tertiary/aromatic N) is 3. The van der Waals surface area contributed by atoms with Gasteiger partial charge in [0.15, 0.2) is 0 Å². The lowest BCUT2D eigenvalue weighted by molar-refractivity contribution is 0.754. The molecule has 21 heavy (non-hydrogen) atoms. The average molecular weight is 346 g/mol. The van der Waals surface area contributed by atoms with Crippen molar-refractivity contribution in [2.75, 3.05) is 18.0 Å². The predicted molar refractivity (Wildman–Crippen MR) is 89.8 cm³/mol. The average Bonchev–Trinajstić information content (AvgIpc) is 2.97. The van der Waals surface area contributed by atoms with Crippen LogP contribution in [0, 0.1) is 0 Å². The van der Waals surface area contributed by atoms with Gasteiger partial charge in [0.05, 0.1) is 0 Å². The number of hydrogen-bond donors (Lipinski definition) is 0. The normalized spacial score (nSPS) is 18.5. The fraction of sp³-hybridized carbons (Fsp3) is 0.412. The SMILES string of the molecule is CC(C)c1nc(Br)cc(N2CCC(c3ccccc3)C2)n1. The van der Waals surface area contributed by atoms with Crippen LogP contribution < -0.4 is 4.90 Å². The van der Waals surface area contributed by atoms with E-state index in [4.69, 9.17) is 4.98 Å². The Morgan fingerprint density at radius 2 is 1.95 bits per heavy atom. The number of hydrogen-bond acceptors (Lipinski definition) is 3. The predicted octanol–water partition coefficient (Wildman–Crippen LogP) is 4.36. The number of anilines is 1. The molecule has 1 fully saturated rings. The minimum atomic E-state index is 0.341. The minimum absolute atomic E-state index is 0.341. The molecule has 0 spiro atoms. The molecule has 0 saturated carbocycles. The molecule has 4 heteroatoms. The Kier molecular flexibility index (Phi) is 4.24. The maximum Gasteiger partial charge on any atom is 0.134 e. The first-order valence-electron chi connectivity index (χ1n) is 7.48. The van der Waals surface area contributed by atoms with Crippen molar-refractivity contribution in [2.45, 2.75) is 32.1 Å². The smallest absolute Gasteiger partial charge is 0.134 e. The van der Waals surface area contributed by atoms with Gasteiger partial charge in [0.25, 0.3) is 0 Å². The molecule has 3 nitrogen and oxygen atoms in total. The van der Waals surface area contributed by atoms with Crippen LogP contribution >= 0.6 is 15.9 Å². The lowest BCUT2D eigenvalue weighted by atomic mass is 9.99. The second-order valence-electron chi connectivity index (χ2n) is 5.90. The Bertz CT molecular complexity index is 613. The van der Waals surface area contributed by atoms with Gasteiger partial charge in [-0.25, -0.2) is 9.97 Å². The van der Waals surface area contributed by atoms with E-state index in [0.29, 0.717) is 11.8 Å². The van der Waals surface area contributed by atoms with Crippen molar-refractivity contribution in [3.8, 4) is 0 Å². The van der Waals surface area contributed by atoms with Gasteiger partial charge in [-0.1, -0.05) is 44.2 Å². The molecule has 110 valence electrons. The summed E-state index contributed by atoms with van der Waals surface area (Å²) in [6.45, 7) is 6.34. The van der Waals surface area contributed by atoms with Gasteiger partial charge in [-0.15, -0.1) is 0 Å². The highest BCUT2D eigenvalue weighted by atomic mass is 79.9. The summed E-state index contributed by atoms with van der Waals surface area (Å²) in [5, 5.41) is 0. The Balaban J connectivity index is 1.80. The largest absolute Gasteiger partial charge is 0.356 e. The van der Waals surface area contributed by atoms with Gasteiger partial charge in [-0.3, -0.25) is 0 Å². The maximum absolute atomic E-state index is 4.73. The van der Waals surface area contributed by atoms with Crippen LogP contribution in [0.2, 0.25) is 0 Å². The molecule has 1 aliphatic heterocycles. The van der Waals surface area contributed by atoms with Gasteiger partial charge >= 0.3 is 0 Å². The Morgan fingerprint density at radius 3 is 2.67 bits per heavy atom. The third kappa shape index (κ3) is 3.26. The Hall–Kier alpha value is -1.42. The third-order valence-corrected chi connectivity index (χ3v) is 4.40. The van der Waals surface area contributed by atoms with Crippen molar-refractivity contribution in [3.05, 3.63) is 52.4 Å². The number of halogens is 1. The fourth-order valence-corrected chi connectivity index (χ4v) is 3.20. The molecule has 0 bridgehead atoms. The molecule has 3 rings (SSSR count). The first-order valence-corrected chi connectivity index (χ1v) is 8.27. The van der Waals surface area contributed by atoms with Crippen LogP contribution in [0.15, 0.2) is 41.0 Å². The Labute approximate surface area is 134 Å². The van der Waals surface area contributed by atoms with Gasteiger partial charge in [-0.2, -0.15) is 0 Å². The summed E-state index contributed by atoms with van der Waals surface area (Å²) in [4.78, 5) is 11.6. The molecular formula is C17H20BrN3. The summed E-state index contributed by atoms with van der Waals surface area (Å²) < 4.78 is 0.874. The van der Waals surface area contributed by atoms with E-state index in [-0.39, 0.29) is 0 Å². The van der Waals surface area contributed by atoms with Gasteiger partial charge in [0.2, 0.25) is 0 Å². The third-order valence-electron chi connectivity index (χ3n) is 4.00. The van der Waals surface area contributed by atoms with E-state index in [9.17, 15) is 0 Å². The number of benzene rings is 1. The Morgan fingerprint density at radius 1 is 1.19 bits per heavy atom. The molecule has 0 aliphatic carbocycles. The summed E-state index contributed by atoms with van der Waals surface area (Å²) in [5.41, 5.74) is 1.43. The van der Waals surface area contributed by atoms with Crippen molar-refractivity contribution in [1.29, 1.82) is 0 Å². The van der Waals surface area contributed by atoms with E-state index in [0.717, 1.165) is 29.3 Å². The molecule has 1 atom stereocenters. The highest BCUT2D eigenvalue weighted by Crippen LogP contribution is 2.31. The van der Waals surface area contributed by atoms with Gasteiger partial charge in [-0.05, 0) is 27.9 Å². The number of rotatable bonds is 3. The number of aromatic nitrogens is 2. The molecule has 1 unspecified atom stereocenters. The van der Waals surface area contributed by atoms with Crippen LogP contribution in [0.1, 0.15) is 43.5 Å². The van der Waals surface area contributed by atoms with Crippen LogP contribution in [0.3, 0.4) is 0 Å². The zero-order chi connectivity index (χ0) is 14.8. The fourth-order valence-electron chi connectivity index (χ4n) is 2.81. The molecule has 2 heterocycles. The lowest BCUT2D eigenvalue weighted by Gasteiger charge is -2.19. The van der Waals surface area contributed by atoms with Gasteiger partial charge < -0.3 is 4.90 Å². The molecule has 1 saturated heterocycles. The van der Waals surface area contributed by atoms with Gasteiger partial charge in [0, 0.05) is 31.0 Å². The van der Waals surface area contributed by atoms with E-state index in [2.05, 4.69) is 70.0 Å². The van der Waals surface area contributed by atoms with Crippen LogP contribution in [-0.2, 0) is 0 Å². The van der Waals surface area contributed by atoms with Crippen LogP contribution in [0.25, 0.3) is 0 Å². The monoisotopic (exact) mass is 345 g/mol. The molecular weight excluding hydrogens is 326 g/mol. The summed E-state index contributed by atoms with van der Waals surface area (Å²) >= 11 is 3.51. The van der Waals surface area contributed by atoms with Crippen molar-refractivity contribution < 1.29 is 0 Å². The second kappa shape index (κ2) is 6.14. The lowest BCUT2D eigenvalue weighted by Crippen LogP contribution is -2.21. The molecule has 1 aliphatic rings. The van der Waals surface area contributed by atoms with E-state index in [1.807, 2.05) is 6.07 Å². The summed E-state index contributed by atoms with van der Waals surface area (Å²) in [6, 6.07) is 12.8. The van der Waals surface area contributed by atoms with Crippen LogP contribution in [0.4, 0.5) is 5.82 Å². The molecule has 1 aromatic heterocycles. The maximum atomic E-state index is 4.73. The highest BCUT2D eigenvalue weighted by Gasteiger charge is 2.25. The first-order chi connectivity index (χ1) is 10.1. The van der Waals surface area contributed by atoms with Crippen LogP contribution in [0.5, 0.6) is 0 Å². The van der Waals surface area contributed by atoms with E-state index in [1.165, 1.54) is 12.0 Å². The van der Waals surface area contributed by atoms with Gasteiger partial charge in [0.1, 0.15) is 16.2 Å². The minimum Gasteiger partial charge on any atom is -0.356 e.